The van der Waals surface area contributed by atoms with Crippen LogP contribution in [-0.2, 0) is 31.9 Å². The van der Waals surface area contributed by atoms with Crippen molar-refractivity contribution < 1.29 is 29.2 Å². The summed E-state index contributed by atoms with van der Waals surface area (Å²) in [4.78, 5) is 0. The first-order chi connectivity index (χ1) is 28.8. The maximum atomic E-state index is 4.41. The molecule has 0 atom stereocenters. The van der Waals surface area contributed by atoms with E-state index in [-0.39, 0.29) is 25.5 Å². The summed E-state index contributed by atoms with van der Waals surface area (Å²) in [7, 11) is 7.19. The van der Waals surface area contributed by atoms with Crippen molar-refractivity contribution >= 4 is 44.8 Å². The van der Waals surface area contributed by atoms with Crippen LogP contribution in [0.2, 0.25) is 19.6 Å². The number of hydrogen-bond acceptors (Lipinski definition) is 1. The molecule has 0 spiro atoms. The van der Waals surface area contributed by atoms with Crippen LogP contribution < -0.4 is 14.3 Å². The number of fused-ring (bicyclic) bond motifs is 3. The molecule has 0 saturated heterocycles. The molecule has 0 N–H and O–H groups in total. The first-order valence-electron chi connectivity index (χ1n) is 21.5. The zero-order valence-corrected chi connectivity index (χ0v) is 42.6. The number of rotatable bonds is 7. The molecule has 1 radical (unpaired) electrons. The molecule has 0 amide bonds. The molecule has 5 aromatic carbocycles. The van der Waals surface area contributed by atoms with Gasteiger partial charge in [-0.2, -0.15) is 37.1 Å². The Hall–Kier alpha value is -5.03. The van der Waals surface area contributed by atoms with Crippen molar-refractivity contribution in [1.82, 2.24) is 0 Å². The van der Waals surface area contributed by atoms with Crippen LogP contribution in [0, 0.1) is 47.7 Å². The van der Waals surface area contributed by atoms with E-state index in [0.717, 1.165) is 23.2 Å². The van der Waals surface area contributed by atoms with Crippen molar-refractivity contribution in [2.75, 3.05) is 0 Å². The fraction of sp³-hybridized carbons (Fsp3) is 0.228. The molecule has 2 nitrogen and oxygen atoms in total. The molecule has 0 bridgehead atoms. The molecule has 62 heavy (non-hydrogen) atoms. The molecular weight excluding hydrogens is 965 g/mol. The third-order valence-electron chi connectivity index (χ3n) is 11.7. The maximum absolute atomic E-state index is 4.41. The van der Waals surface area contributed by atoms with Gasteiger partial charge in [0.15, 0.2) is 0 Å². The van der Waals surface area contributed by atoms with Gasteiger partial charge in [-0.25, -0.2) is 0 Å². The van der Waals surface area contributed by atoms with Gasteiger partial charge < -0.3 is 9.13 Å². The van der Waals surface area contributed by atoms with Crippen LogP contribution in [0.5, 0.6) is 0 Å². The van der Waals surface area contributed by atoms with Gasteiger partial charge >= 0.3 is 0 Å². The molecule has 8 rings (SSSR count). The van der Waals surface area contributed by atoms with Crippen molar-refractivity contribution in [3.05, 3.63) is 189 Å². The van der Waals surface area contributed by atoms with Crippen LogP contribution in [0.15, 0.2) is 128 Å². The van der Waals surface area contributed by atoms with Gasteiger partial charge in [0, 0.05) is 38.9 Å². The number of hydrogen-bond donors (Lipinski definition) is 0. The Morgan fingerprint density at radius 3 is 1.87 bits per heavy atom. The number of pyridine rings is 2. The van der Waals surface area contributed by atoms with Crippen molar-refractivity contribution in [2.45, 2.75) is 79.9 Å². The van der Waals surface area contributed by atoms with Crippen LogP contribution >= 0.6 is 11.3 Å². The van der Waals surface area contributed by atoms with Crippen LogP contribution in [0.4, 0.5) is 0 Å². The molecule has 321 valence electrons. The van der Waals surface area contributed by atoms with Gasteiger partial charge in [-0.15, -0.1) is 34.1 Å². The molecule has 8 aromatic rings. The molecular formula is C57H62IrN2SSi-2. The van der Waals surface area contributed by atoms with E-state index >= 15 is 0 Å². The van der Waals surface area contributed by atoms with E-state index in [1.165, 1.54) is 86.7 Å². The van der Waals surface area contributed by atoms with Gasteiger partial charge in [-0.3, -0.25) is 0 Å². The van der Waals surface area contributed by atoms with E-state index in [0.29, 0.717) is 5.92 Å². The fourth-order valence-electron chi connectivity index (χ4n) is 8.59. The normalized spacial score (nSPS) is 11.7. The smallest absolute Gasteiger partial charge is 0.0709 e. The first-order valence-corrected chi connectivity index (χ1v) is 25.8. The van der Waals surface area contributed by atoms with Crippen LogP contribution in [0.1, 0.15) is 68.0 Å². The first kappa shape index (κ1) is 46.5. The largest absolute Gasteiger partial charge is 0.343 e. The van der Waals surface area contributed by atoms with E-state index < -0.39 is 8.07 Å². The summed E-state index contributed by atoms with van der Waals surface area (Å²) in [6, 6.07) is 41.8. The SMILES string of the molecule is [CH2-]c1cc(C)cc(C)c1-c1cc(CC(C)C)c([Si](C)(C)C)c[n+]1[CH2-].[CH2-]c1ccc2c(sc3ccc(-c4ccc(-c5ccccc5)cc4)cc32)c1-c1cc(C(C)(C)C)cc[n+]1[CH2-].[Ir]. The number of nitrogens with zero attached hydrogens (tertiary/aromatic N) is 2. The fourth-order valence-corrected chi connectivity index (χ4v) is 11.5. The second kappa shape index (κ2) is 18.4. The summed E-state index contributed by atoms with van der Waals surface area (Å²) in [6.45, 7) is 31.6. The molecule has 3 aromatic heterocycles. The summed E-state index contributed by atoms with van der Waals surface area (Å²) in [5.41, 5.74) is 17.1. The molecule has 0 aliphatic rings. The Morgan fingerprint density at radius 1 is 0.645 bits per heavy atom. The van der Waals surface area contributed by atoms with Gasteiger partial charge in [0.1, 0.15) is 0 Å². The van der Waals surface area contributed by atoms with Crippen LogP contribution in [0.25, 0.3) is 64.9 Å². The molecule has 0 aliphatic carbocycles. The molecule has 0 fully saturated rings. The molecule has 3 heterocycles. The third-order valence-corrected chi connectivity index (χ3v) is 15.0. The number of aryl methyl sites for hydroxylation is 2. The van der Waals surface area contributed by atoms with Gasteiger partial charge in [-0.1, -0.05) is 170 Å². The summed E-state index contributed by atoms with van der Waals surface area (Å²) in [5.74, 6) is 0.645. The second-order valence-electron chi connectivity index (χ2n) is 19.3. The van der Waals surface area contributed by atoms with Gasteiger partial charge in [0.25, 0.3) is 0 Å². The minimum absolute atomic E-state index is 0. The van der Waals surface area contributed by atoms with Crippen molar-refractivity contribution in [3.8, 4) is 44.8 Å². The summed E-state index contributed by atoms with van der Waals surface area (Å²) in [5, 5.41) is 4.07. The standard InChI is InChI=1S/C35H30NS.C22H32NSi.Ir/c1-23-11-17-29-30-21-27(26-14-12-25(13-15-26)24-9-7-6-8-10-24)16-18-32(30)37-34(29)33(23)31-22-28(35(2,3)4)19-20-36(31)5;1-15(2)10-19-13-20(23(6)14-21(19)24(7,8)9)22-17(4)11-16(3)12-18(22)5;/h6-22H,1,5H2,2-4H3;11-15H,4,6,10H2,1-3,5,7-9H3;/q2*-1;. The quantitative estimate of drug-likeness (QED) is 0.0854. The van der Waals surface area contributed by atoms with Crippen molar-refractivity contribution in [3.63, 3.8) is 0 Å². The average Bonchev–Trinajstić information content (AvgIpc) is 3.56. The Bertz CT molecular complexity index is 2850. The van der Waals surface area contributed by atoms with Gasteiger partial charge in [-0.05, 0) is 72.8 Å². The average molecular weight is 1030 g/mol. The molecule has 0 aliphatic heterocycles. The third kappa shape index (κ3) is 9.78. The Morgan fingerprint density at radius 2 is 1.26 bits per heavy atom. The van der Waals surface area contributed by atoms with E-state index in [4.69, 9.17) is 0 Å². The van der Waals surface area contributed by atoms with Crippen molar-refractivity contribution in [2.24, 2.45) is 5.92 Å². The van der Waals surface area contributed by atoms with Gasteiger partial charge in [0.2, 0.25) is 0 Å². The van der Waals surface area contributed by atoms with E-state index in [1.54, 1.807) is 0 Å². The molecule has 0 saturated carbocycles. The topological polar surface area (TPSA) is 7.76 Å². The number of thiophene rings is 1. The zero-order valence-electron chi connectivity index (χ0n) is 38.4. The Balaban J connectivity index is 0.000000224. The van der Waals surface area contributed by atoms with Crippen LogP contribution in [-0.4, -0.2) is 8.07 Å². The Labute approximate surface area is 391 Å². The van der Waals surface area contributed by atoms with Gasteiger partial charge in [0.05, 0.1) is 31.9 Å². The number of aromatic nitrogens is 2. The van der Waals surface area contributed by atoms with E-state index in [2.05, 4.69) is 228 Å². The molecule has 5 heteroatoms. The summed E-state index contributed by atoms with van der Waals surface area (Å²) < 4.78 is 6.59. The van der Waals surface area contributed by atoms with Crippen molar-refractivity contribution in [1.29, 1.82) is 0 Å². The summed E-state index contributed by atoms with van der Waals surface area (Å²) in [6.07, 6.45) is 5.46. The number of benzene rings is 5. The minimum Gasteiger partial charge on any atom is -0.343 e. The summed E-state index contributed by atoms with van der Waals surface area (Å²) >= 11 is 1.84. The minimum atomic E-state index is -1.41. The zero-order chi connectivity index (χ0) is 44.0. The van der Waals surface area contributed by atoms with Crippen LogP contribution in [0.3, 0.4) is 0 Å². The monoisotopic (exact) mass is 1030 g/mol. The predicted molar refractivity (Wildman–Crippen MR) is 268 cm³/mol. The van der Waals surface area contributed by atoms with E-state index in [1.807, 2.05) is 15.9 Å². The maximum Gasteiger partial charge on any atom is 0.0709 e. The Kier molecular flexibility index (Phi) is 13.8. The second-order valence-corrected chi connectivity index (χ2v) is 25.4. The van der Waals surface area contributed by atoms with E-state index in [9.17, 15) is 0 Å². The predicted octanol–water partition coefficient (Wildman–Crippen LogP) is 14.3. The molecule has 0 unspecified atom stereocenters.